The van der Waals surface area contributed by atoms with E-state index in [0.717, 1.165) is 24.3 Å². The zero-order valence-electron chi connectivity index (χ0n) is 12.2. The Kier molecular flexibility index (Phi) is 3.35. The van der Waals surface area contributed by atoms with Gasteiger partial charge >= 0.3 is 0 Å². The van der Waals surface area contributed by atoms with Gasteiger partial charge in [0.25, 0.3) is 0 Å². The maximum atomic E-state index is 8.82. The summed E-state index contributed by atoms with van der Waals surface area (Å²) in [5.41, 5.74) is 2.12. The lowest BCUT2D eigenvalue weighted by Crippen LogP contribution is -2.48. The number of morpholine rings is 1. The van der Waals surface area contributed by atoms with Crippen LogP contribution in [0.5, 0.6) is 0 Å². The topological polar surface area (TPSA) is 67.0 Å². The molecule has 6 nitrogen and oxygen atoms in total. The lowest BCUT2D eigenvalue weighted by Gasteiger charge is -2.41. The van der Waals surface area contributed by atoms with Crippen LogP contribution in [0.1, 0.15) is 18.2 Å². The number of nitriles is 1. The first-order valence-electron chi connectivity index (χ1n) is 6.85. The minimum absolute atomic E-state index is 0.388. The fourth-order valence-corrected chi connectivity index (χ4v) is 2.60. The Labute approximate surface area is 123 Å². The summed E-state index contributed by atoms with van der Waals surface area (Å²) in [6.45, 7) is 4.26. The molecule has 1 saturated heterocycles. The predicted octanol–water partition coefficient (Wildman–Crippen LogP) is 1.44. The van der Waals surface area contributed by atoms with Crippen LogP contribution in [0.25, 0.3) is 0 Å². The SMILES string of the molecule is Cn1cc(C2(C)CN(c3ccc(C#N)nc3)CCO2)cn1. The Morgan fingerprint density at radius 1 is 1.38 bits per heavy atom. The Morgan fingerprint density at radius 2 is 2.24 bits per heavy atom. The summed E-state index contributed by atoms with van der Waals surface area (Å²) in [5, 5.41) is 13.0. The number of ether oxygens (including phenoxy) is 1. The van der Waals surface area contributed by atoms with Gasteiger partial charge in [0, 0.05) is 25.4 Å². The second-order valence-corrected chi connectivity index (χ2v) is 5.42. The molecule has 0 radical (unpaired) electrons. The number of pyridine rings is 1. The third kappa shape index (κ3) is 2.60. The molecule has 0 saturated carbocycles. The van der Waals surface area contributed by atoms with E-state index < -0.39 is 0 Å². The number of aromatic nitrogens is 3. The summed E-state index contributed by atoms with van der Waals surface area (Å²) in [4.78, 5) is 6.36. The van der Waals surface area contributed by atoms with E-state index in [1.54, 1.807) is 16.9 Å². The van der Waals surface area contributed by atoms with Crippen LogP contribution in [0.2, 0.25) is 0 Å². The summed E-state index contributed by atoms with van der Waals surface area (Å²) < 4.78 is 7.78. The van der Waals surface area contributed by atoms with Crippen LogP contribution in [0.15, 0.2) is 30.7 Å². The Hall–Kier alpha value is -2.39. The minimum Gasteiger partial charge on any atom is -0.367 e. The highest BCUT2D eigenvalue weighted by Crippen LogP contribution is 2.31. The van der Waals surface area contributed by atoms with Crippen LogP contribution < -0.4 is 4.90 Å². The van der Waals surface area contributed by atoms with Gasteiger partial charge in [0.1, 0.15) is 17.4 Å². The molecule has 2 aromatic heterocycles. The van der Waals surface area contributed by atoms with Crippen LogP contribution in [0, 0.1) is 11.3 Å². The Morgan fingerprint density at radius 3 is 2.86 bits per heavy atom. The summed E-state index contributed by atoms with van der Waals surface area (Å²) in [6.07, 6.45) is 5.58. The molecule has 2 aromatic rings. The monoisotopic (exact) mass is 283 g/mol. The molecule has 0 aliphatic carbocycles. The van der Waals surface area contributed by atoms with E-state index >= 15 is 0 Å². The Bertz CT molecular complexity index is 672. The highest BCUT2D eigenvalue weighted by atomic mass is 16.5. The second-order valence-electron chi connectivity index (χ2n) is 5.42. The van der Waals surface area contributed by atoms with E-state index in [-0.39, 0.29) is 5.60 Å². The molecular weight excluding hydrogens is 266 g/mol. The maximum absolute atomic E-state index is 8.82. The molecule has 0 aromatic carbocycles. The van der Waals surface area contributed by atoms with Crippen molar-refractivity contribution < 1.29 is 4.74 Å². The molecule has 108 valence electrons. The summed E-state index contributed by atoms with van der Waals surface area (Å²) in [7, 11) is 1.90. The fraction of sp³-hybridized carbons (Fsp3) is 0.400. The first kappa shape index (κ1) is 13.6. The summed E-state index contributed by atoms with van der Waals surface area (Å²) >= 11 is 0. The fourth-order valence-electron chi connectivity index (χ4n) is 2.60. The molecule has 1 aliphatic heterocycles. The number of aryl methyl sites for hydroxylation is 1. The van der Waals surface area contributed by atoms with Gasteiger partial charge < -0.3 is 9.64 Å². The van der Waals surface area contributed by atoms with Crippen molar-refractivity contribution in [3.8, 4) is 6.07 Å². The molecule has 21 heavy (non-hydrogen) atoms. The third-order valence-electron chi connectivity index (χ3n) is 3.82. The predicted molar refractivity (Wildman–Crippen MR) is 77.7 cm³/mol. The normalized spacial score (nSPS) is 22.0. The van der Waals surface area contributed by atoms with Crippen LogP contribution in [-0.2, 0) is 17.4 Å². The van der Waals surface area contributed by atoms with Crippen molar-refractivity contribution in [2.75, 3.05) is 24.6 Å². The number of nitrogens with zero attached hydrogens (tertiary/aromatic N) is 5. The molecule has 1 atom stereocenters. The van der Waals surface area contributed by atoms with E-state index in [1.807, 2.05) is 31.6 Å². The summed E-state index contributed by atoms with van der Waals surface area (Å²) in [5.74, 6) is 0. The van der Waals surface area contributed by atoms with Crippen molar-refractivity contribution in [1.29, 1.82) is 5.26 Å². The van der Waals surface area contributed by atoms with Crippen molar-refractivity contribution in [1.82, 2.24) is 14.8 Å². The van der Waals surface area contributed by atoms with Crippen LogP contribution in [-0.4, -0.2) is 34.5 Å². The molecule has 1 fully saturated rings. The van der Waals surface area contributed by atoms with Gasteiger partial charge in [-0.2, -0.15) is 10.4 Å². The molecule has 3 rings (SSSR count). The molecule has 0 N–H and O–H groups in total. The van der Waals surface area contributed by atoms with Crippen LogP contribution in [0.3, 0.4) is 0 Å². The molecule has 0 spiro atoms. The molecule has 6 heteroatoms. The van der Waals surface area contributed by atoms with Crippen molar-refractivity contribution in [2.45, 2.75) is 12.5 Å². The van der Waals surface area contributed by atoms with Gasteiger partial charge in [-0.05, 0) is 19.1 Å². The first-order valence-corrected chi connectivity index (χ1v) is 6.85. The van der Waals surface area contributed by atoms with Gasteiger partial charge in [0.15, 0.2) is 0 Å². The number of hydrogen-bond acceptors (Lipinski definition) is 5. The highest BCUT2D eigenvalue weighted by Gasteiger charge is 2.35. The lowest BCUT2D eigenvalue weighted by atomic mass is 9.96. The van der Waals surface area contributed by atoms with Crippen LogP contribution in [0.4, 0.5) is 5.69 Å². The molecule has 1 unspecified atom stereocenters. The van der Waals surface area contributed by atoms with Gasteiger partial charge in [-0.25, -0.2) is 4.98 Å². The van der Waals surface area contributed by atoms with Gasteiger partial charge in [-0.15, -0.1) is 0 Å². The van der Waals surface area contributed by atoms with E-state index in [4.69, 9.17) is 10.00 Å². The van der Waals surface area contributed by atoms with Gasteiger partial charge in [-0.3, -0.25) is 4.68 Å². The zero-order chi connectivity index (χ0) is 14.9. The van der Waals surface area contributed by atoms with E-state index in [2.05, 4.69) is 21.9 Å². The number of hydrogen-bond donors (Lipinski definition) is 0. The lowest BCUT2D eigenvalue weighted by molar-refractivity contribution is -0.0466. The van der Waals surface area contributed by atoms with Crippen LogP contribution >= 0.6 is 0 Å². The molecule has 3 heterocycles. The molecule has 1 aliphatic rings. The molecule has 0 amide bonds. The van der Waals surface area contributed by atoms with Crippen molar-refractivity contribution in [3.05, 3.63) is 42.0 Å². The van der Waals surface area contributed by atoms with Gasteiger partial charge in [0.2, 0.25) is 0 Å². The second kappa shape index (κ2) is 5.19. The van der Waals surface area contributed by atoms with Crippen molar-refractivity contribution in [3.63, 3.8) is 0 Å². The first-order chi connectivity index (χ1) is 10.1. The summed E-state index contributed by atoms with van der Waals surface area (Å²) in [6, 6.07) is 5.71. The van der Waals surface area contributed by atoms with E-state index in [1.165, 1.54) is 0 Å². The Balaban J connectivity index is 1.83. The molecular formula is C15H17N5O. The van der Waals surface area contributed by atoms with Crippen molar-refractivity contribution in [2.24, 2.45) is 7.05 Å². The largest absolute Gasteiger partial charge is 0.367 e. The minimum atomic E-state index is -0.388. The van der Waals surface area contributed by atoms with Gasteiger partial charge in [0.05, 0.1) is 31.2 Å². The smallest absolute Gasteiger partial charge is 0.140 e. The average Bonchev–Trinajstić information content (AvgIpc) is 2.95. The maximum Gasteiger partial charge on any atom is 0.140 e. The molecule has 0 bridgehead atoms. The zero-order valence-corrected chi connectivity index (χ0v) is 12.2. The highest BCUT2D eigenvalue weighted by molar-refractivity contribution is 5.47. The average molecular weight is 283 g/mol. The van der Waals surface area contributed by atoms with E-state index in [0.29, 0.717) is 12.3 Å². The number of anilines is 1. The van der Waals surface area contributed by atoms with Gasteiger partial charge in [-0.1, -0.05) is 0 Å². The quantitative estimate of drug-likeness (QED) is 0.834. The van der Waals surface area contributed by atoms with E-state index in [9.17, 15) is 0 Å². The third-order valence-corrected chi connectivity index (χ3v) is 3.82. The van der Waals surface area contributed by atoms with Crippen molar-refractivity contribution >= 4 is 5.69 Å². The standard InChI is InChI=1S/C15H17N5O/c1-15(12-8-18-19(2)10-12)11-20(5-6-21-15)14-4-3-13(7-16)17-9-14/h3-4,8-10H,5-6,11H2,1-2H3. The number of rotatable bonds is 2.